The standard InChI is InChI=1S/C10H12O4/c1-14-9(10(12)13)6-7-2-4-8(11)5-3-7/h2-5,9,11H,6H2,1H3,(H,12,13)/t9-/m1/s1. The molecule has 14 heavy (non-hydrogen) atoms. The van der Waals surface area contributed by atoms with Crippen molar-refractivity contribution in [1.29, 1.82) is 0 Å². The van der Waals surface area contributed by atoms with Crippen molar-refractivity contribution in [3.63, 3.8) is 0 Å². The highest BCUT2D eigenvalue weighted by molar-refractivity contribution is 5.72. The van der Waals surface area contributed by atoms with Crippen molar-refractivity contribution in [3.05, 3.63) is 29.8 Å². The number of aromatic hydroxyl groups is 1. The number of aliphatic carboxylic acids is 1. The number of methoxy groups -OCH3 is 1. The first-order valence-electron chi connectivity index (χ1n) is 4.17. The normalized spacial score (nSPS) is 12.4. The van der Waals surface area contributed by atoms with Crippen LogP contribution in [0.1, 0.15) is 5.56 Å². The Morgan fingerprint density at radius 3 is 2.43 bits per heavy atom. The van der Waals surface area contributed by atoms with Crippen molar-refractivity contribution < 1.29 is 19.7 Å². The van der Waals surface area contributed by atoms with Crippen molar-refractivity contribution in [2.24, 2.45) is 0 Å². The highest BCUT2D eigenvalue weighted by Gasteiger charge is 2.16. The van der Waals surface area contributed by atoms with Crippen LogP contribution in [0.5, 0.6) is 5.75 Å². The lowest BCUT2D eigenvalue weighted by Crippen LogP contribution is -2.24. The number of benzene rings is 1. The molecule has 0 bridgehead atoms. The van der Waals surface area contributed by atoms with Crippen LogP contribution in [0, 0.1) is 0 Å². The Morgan fingerprint density at radius 1 is 1.43 bits per heavy atom. The van der Waals surface area contributed by atoms with Crippen molar-refractivity contribution in [2.45, 2.75) is 12.5 Å². The van der Waals surface area contributed by atoms with Crippen LogP contribution in [0.2, 0.25) is 0 Å². The Morgan fingerprint density at radius 2 is 2.00 bits per heavy atom. The maximum absolute atomic E-state index is 10.6. The van der Waals surface area contributed by atoms with E-state index in [1.165, 1.54) is 19.2 Å². The van der Waals surface area contributed by atoms with Gasteiger partial charge in [0.1, 0.15) is 5.75 Å². The molecule has 0 aliphatic carbocycles. The van der Waals surface area contributed by atoms with E-state index in [1.54, 1.807) is 12.1 Å². The van der Waals surface area contributed by atoms with Gasteiger partial charge in [-0.05, 0) is 17.7 Å². The van der Waals surface area contributed by atoms with Crippen LogP contribution in [0.15, 0.2) is 24.3 Å². The van der Waals surface area contributed by atoms with Crippen LogP contribution in [-0.4, -0.2) is 29.4 Å². The van der Waals surface area contributed by atoms with Crippen LogP contribution in [0.3, 0.4) is 0 Å². The molecule has 0 fully saturated rings. The van der Waals surface area contributed by atoms with Gasteiger partial charge in [-0.2, -0.15) is 0 Å². The molecule has 1 atom stereocenters. The fourth-order valence-corrected chi connectivity index (χ4v) is 1.12. The Kier molecular flexibility index (Phi) is 3.48. The molecule has 4 heteroatoms. The first-order valence-corrected chi connectivity index (χ1v) is 4.17. The number of carbonyl (C=O) groups is 1. The number of rotatable bonds is 4. The smallest absolute Gasteiger partial charge is 0.333 e. The van der Waals surface area contributed by atoms with Gasteiger partial charge in [-0.1, -0.05) is 12.1 Å². The summed E-state index contributed by atoms with van der Waals surface area (Å²) in [5, 5.41) is 17.7. The summed E-state index contributed by atoms with van der Waals surface area (Å²) in [6.45, 7) is 0. The summed E-state index contributed by atoms with van der Waals surface area (Å²) < 4.78 is 4.78. The molecule has 0 saturated heterocycles. The average molecular weight is 196 g/mol. The third-order valence-electron chi connectivity index (χ3n) is 1.92. The van der Waals surface area contributed by atoms with E-state index in [9.17, 15) is 4.79 Å². The highest BCUT2D eigenvalue weighted by Crippen LogP contribution is 2.12. The molecule has 1 rings (SSSR count). The number of phenolic OH excluding ortho intramolecular Hbond substituents is 1. The summed E-state index contributed by atoms with van der Waals surface area (Å²) in [5.74, 6) is -0.821. The second-order valence-corrected chi connectivity index (χ2v) is 2.93. The van der Waals surface area contributed by atoms with Gasteiger partial charge in [-0.25, -0.2) is 4.79 Å². The van der Waals surface area contributed by atoms with E-state index in [1.807, 2.05) is 0 Å². The molecule has 0 amide bonds. The molecule has 0 aliphatic rings. The van der Waals surface area contributed by atoms with Gasteiger partial charge in [-0.3, -0.25) is 0 Å². The molecule has 0 aromatic heterocycles. The Hall–Kier alpha value is -1.55. The van der Waals surface area contributed by atoms with Gasteiger partial charge < -0.3 is 14.9 Å². The van der Waals surface area contributed by atoms with Crippen LogP contribution >= 0.6 is 0 Å². The molecule has 0 spiro atoms. The fraction of sp³-hybridized carbons (Fsp3) is 0.300. The predicted octanol–water partition coefficient (Wildman–Crippen LogP) is 1.03. The van der Waals surface area contributed by atoms with Gasteiger partial charge in [-0.15, -0.1) is 0 Å². The van der Waals surface area contributed by atoms with Crippen molar-refractivity contribution in [1.82, 2.24) is 0 Å². The zero-order valence-corrected chi connectivity index (χ0v) is 7.80. The number of ether oxygens (including phenoxy) is 1. The predicted molar refractivity (Wildman–Crippen MR) is 50.2 cm³/mol. The van der Waals surface area contributed by atoms with E-state index < -0.39 is 12.1 Å². The van der Waals surface area contributed by atoms with Crippen molar-refractivity contribution >= 4 is 5.97 Å². The SMILES string of the molecule is CO[C@H](Cc1ccc(O)cc1)C(=O)O. The number of hydrogen-bond donors (Lipinski definition) is 2. The lowest BCUT2D eigenvalue weighted by molar-refractivity contribution is -0.148. The fourth-order valence-electron chi connectivity index (χ4n) is 1.12. The Labute approximate surface area is 81.8 Å². The van der Waals surface area contributed by atoms with Gasteiger partial charge in [0.25, 0.3) is 0 Å². The minimum atomic E-state index is -0.986. The molecule has 76 valence electrons. The highest BCUT2D eigenvalue weighted by atomic mass is 16.5. The molecule has 0 saturated carbocycles. The molecule has 0 aliphatic heterocycles. The quantitative estimate of drug-likeness (QED) is 0.754. The first kappa shape index (κ1) is 10.5. The van der Waals surface area contributed by atoms with Crippen molar-refractivity contribution in [2.75, 3.05) is 7.11 Å². The molecule has 2 N–H and O–H groups in total. The molecule has 1 aromatic rings. The second kappa shape index (κ2) is 4.62. The molecule has 0 unspecified atom stereocenters. The lowest BCUT2D eigenvalue weighted by atomic mass is 10.1. The van der Waals surface area contributed by atoms with E-state index in [4.69, 9.17) is 14.9 Å². The Balaban J connectivity index is 2.67. The number of phenols is 1. The third kappa shape index (κ3) is 2.74. The van der Waals surface area contributed by atoms with E-state index in [0.717, 1.165) is 5.56 Å². The van der Waals surface area contributed by atoms with Crippen LogP contribution < -0.4 is 0 Å². The third-order valence-corrected chi connectivity index (χ3v) is 1.92. The second-order valence-electron chi connectivity index (χ2n) is 2.93. The van der Waals surface area contributed by atoms with Crippen molar-refractivity contribution in [3.8, 4) is 5.75 Å². The largest absolute Gasteiger partial charge is 0.508 e. The molecule has 4 nitrogen and oxygen atoms in total. The summed E-state index contributed by atoms with van der Waals surface area (Å²) in [4.78, 5) is 10.6. The average Bonchev–Trinajstić information content (AvgIpc) is 2.16. The maximum atomic E-state index is 10.6. The van der Waals surface area contributed by atoms with E-state index in [2.05, 4.69) is 0 Å². The minimum absolute atomic E-state index is 0.165. The van der Waals surface area contributed by atoms with E-state index >= 15 is 0 Å². The van der Waals surface area contributed by atoms with E-state index in [-0.39, 0.29) is 5.75 Å². The molecule has 1 aromatic carbocycles. The number of carboxylic acids is 1. The summed E-state index contributed by atoms with van der Waals surface area (Å²) in [6, 6.07) is 6.38. The summed E-state index contributed by atoms with van der Waals surface area (Å²) in [5.41, 5.74) is 0.817. The van der Waals surface area contributed by atoms with Gasteiger partial charge in [0, 0.05) is 13.5 Å². The number of hydrogen-bond acceptors (Lipinski definition) is 3. The summed E-state index contributed by atoms with van der Waals surface area (Å²) in [7, 11) is 1.36. The molecular formula is C10H12O4. The van der Waals surface area contributed by atoms with Crippen LogP contribution in [-0.2, 0) is 16.0 Å². The summed E-state index contributed by atoms with van der Waals surface area (Å²) >= 11 is 0. The monoisotopic (exact) mass is 196 g/mol. The van der Waals surface area contributed by atoms with E-state index in [0.29, 0.717) is 6.42 Å². The number of carboxylic acid groups (broad SMARTS) is 1. The zero-order chi connectivity index (χ0) is 10.6. The zero-order valence-electron chi connectivity index (χ0n) is 7.80. The van der Waals surface area contributed by atoms with Crippen LogP contribution in [0.25, 0.3) is 0 Å². The first-order chi connectivity index (χ1) is 6.63. The molecule has 0 heterocycles. The minimum Gasteiger partial charge on any atom is -0.508 e. The Bertz CT molecular complexity index is 304. The lowest BCUT2D eigenvalue weighted by Gasteiger charge is -2.09. The van der Waals surface area contributed by atoms with Gasteiger partial charge >= 0.3 is 5.97 Å². The topological polar surface area (TPSA) is 66.8 Å². The van der Waals surface area contributed by atoms with Gasteiger partial charge in [0.15, 0.2) is 6.10 Å². The van der Waals surface area contributed by atoms with Gasteiger partial charge in [0.05, 0.1) is 0 Å². The van der Waals surface area contributed by atoms with Gasteiger partial charge in [0.2, 0.25) is 0 Å². The molecular weight excluding hydrogens is 184 g/mol. The summed E-state index contributed by atoms with van der Waals surface area (Å²) in [6.07, 6.45) is -0.536. The maximum Gasteiger partial charge on any atom is 0.333 e. The van der Waals surface area contributed by atoms with Crippen LogP contribution in [0.4, 0.5) is 0 Å². The molecule has 0 radical (unpaired) electrons.